The van der Waals surface area contributed by atoms with Gasteiger partial charge in [0.2, 0.25) is 0 Å². The minimum absolute atomic E-state index is 0.122. The first-order valence-corrected chi connectivity index (χ1v) is 5.72. The Kier molecular flexibility index (Phi) is 3.44. The van der Waals surface area contributed by atoms with Crippen LogP contribution in [-0.2, 0) is 0 Å². The van der Waals surface area contributed by atoms with Crippen molar-refractivity contribution in [1.82, 2.24) is 9.59 Å². The van der Waals surface area contributed by atoms with Crippen LogP contribution in [0.2, 0.25) is 0 Å². The number of nitrogens with zero attached hydrogens (tertiary/aromatic N) is 3. The summed E-state index contributed by atoms with van der Waals surface area (Å²) in [6.45, 7) is 10.4. The molecule has 5 heteroatoms. The minimum atomic E-state index is 0.122. The Hall–Kier alpha value is -0.970. The number of rotatable bonds is 2. The number of nitrogens with two attached hydrogens (primary N) is 1. The molecule has 1 unspecified atom stereocenters. The van der Waals surface area contributed by atoms with Gasteiger partial charge in [0, 0.05) is 0 Å². The predicted molar refractivity (Wildman–Crippen MR) is 64.3 cm³/mol. The quantitative estimate of drug-likeness (QED) is 0.619. The van der Waals surface area contributed by atoms with Crippen LogP contribution in [0.1, 0.15) is 38.3 Å². The fourth-order valence-corrected chi connectivity index (χ4v) is 1.49. The lowest BCUT2D eigenvalue weighted by Crippen LogP contribution is -2.25. The van der Waals surface area contributed by atoms with Crippen LogP contribution in [0.15, 0.2) is 4.99 Å². The second kappa shape index (κ2) is 4.26. The number of hydrogen-bond donors (Lipinski definition) is 1. The summed E-state index contributed by atoms with van der Waals surface area (Å²) in [6, 6.07) is 0.180. The van der Waals surface area contributed by atoms with Gasteiger partial charge in [0.25, 0.3) is 0 Å². The highest BCUT2D eigenvalue weighted by molar-refractivity contribution is 7.08. The average Bonchev–Trinajstić information content (AvgIpc) is 2.49. The summed E-state index contributed by atoms with van der Waals surface area (Å²) in [5.74, 6) is 0.546. The third-order valence-electron chi connectivity index (χ3n) is 2.47. The molecular formula is C10H18N4S. The van der Waals surface area contributed by atoms with Gasteiger partial charge in [0.1, 0.15) is 10.7 Å². The van der Waals surface area contributed by atoms with Gasteiger partial charge in [0.05, 0.1) is 11.7 Å². The summed E-state index contributed by atoms with van der Waals surface area (Å²) in [6.07, 6.45) is 0. The first-order valence-electron chi connectivity index (χ1n) is 4.95. The Labute approximate surface area is 94.8 Å². The Morgan fingerprint density at radius 3 is 2.47 bits per heavy atom. The zero-order chi connectivity index (χ0) is 11.6. The van der Waals surface area contributed by atoms with E-state index in [4.69, 9.17) is 5.73 Å². The van der Waals surface area contributed by atoms with Crippen LogP contribution < -0.4 is 5.73 Å². The lowest BCUT2D eigenvalue weighted by Gasteiger charge is -2.23. The summed E-state index contributed by atoms with van der Waals surface area (Å²) >= 11 is 1.29. The van der Waals surface area contributed by atoms with Crippen molar-refractivity contribution < 1.29 is 0 Å². The normalized spacial score (nSPS) is 15.4. The van der Waals surface area contributed by atoms with Crippen molar-refractivity contribution in [3.05, 3.63) is 10.6 Å². The van der Waals surface area contributed by atoms with Gasteiger partial charge in [-0.15, -0.1) is 5.10 Å². The van der Waals surface area contributed by atoms with Gasteiger partial charge >= 0.3 is 0 Å². The Morgan fingerprint density at radius 2 is 2.07 bits per heavy atom. The van der Waals surface area contributed by atoms with Crippen LogP contribution in [0, 0.1) is 12.3 Å². The van der Waals surface area contributed by atoms with Crippen LogP contribution in [0.4, 0.5) is 0 Å². The lowest BCUT2D eigenvalue weighted by molar-refractivity contribution is 0.341. The van der Waals surface area contributed by atoms with Gasteiger partial charge in [-0.25, -0.2) is 0 Å². The molecule has 0 saturated carbocycles. The summed E-state index contributed by atoms with van der Waals surface area (Å²) in [7, 11) is 0. The van der Waals surface area contributed by atoms with Crippen LogP contribution in [0.3, 0.4) is 0 Å². The Morgan fingerprint density at radius 1 is 1.47 bits per heavy atom. The molecule has 0 spiro atoms. The van der Waals surface area contributed by atoms with Crippen LogP contribution >= 0.6 is 11.5 Å². The monoisotopic (exact) mass is 226 g/mol. The highest BCUT2D eigenvalue weighted by atomic mass is 32.1. The van der Waals surface area contributed by atoms with Crippen molar-refractivity contribution in [2.45, 2.75) is 40.7 Å². The van der Waals surface area contributed by atoms with E-state index in [0.29, 0.717) is 5.84 Å². The summed E-state index contributed by atoms with van der Waals surface area (Å²) in [5, 5.41) is 3.91. The van der Waals surface area contributed by atoms with Crippen LogP contribution in [0.25, 0.3) is 0 Å². The van der Waals surface area contributed by atoms with Crippen molar-refractivity contribution in [3.8, 4) is 0 Å². The number of aliphatic imine (C=N–C) groups is 1. The molecule has 0 aliphatic carbocycles. The number of aromatic nitrogens is 2. The SMILES string of the molecule is Cc1nnsc1C(N)=NC(C)C(C)(C)C. The number of aryl methyl sites for hydroxylation is 1. The third-order valence-corrected chi connectivity index (χ3v) is 3.32. The van der Waals surface area contributed by atoms with Gasteiger partial charge < -0.3 is 5.73 Å². The first kappa shape index (κ1) is 12.1. The van der Waals surface area contributed by atoms with Gasteiger partial charge in [0.15, 0.2) is 0 Å². The van der Waals surface area contributed by atoms with Crippen molar-refractivity contribution >= 4 is 17.4 Å². The van der Waals surface area contributed by atoms with E-state index in [2.05, 4.69) is 42.3 Å². The fraction of sp³-hybridized carbons (Fsp3) is 0.700. The van der Waals surface area contributed by atoms with Crippen molar-refractivity contribution in [1.29, 1.82) is 0 Å². The van der Waals surface area contributed by atoms with Gasteiger partial charge in [-0.05, 0) is 30.8 Å². The average molecular weight is 226 g/mol. The molecule has 15 heavy (non-hydrogen) atoms. The maximum atomic E-state index is 5.92. The summed E-state index contributed by atoms with van der Waals surface area (Å²) < 4.78 is 3.84. The van der Waals surface area contributed by atoms with E-state index in [9.17, 15) is 0 Å². The molecule has 2 N–H and O–H groups in total. The van der Waals surface area contributed by atoms with E-state index in [0.717, 1.165) is 10.6 Å². The largest absolute Gasteiger partial charge is 0.383 e. The van der Waals surface area contributed by atoms with E-state index in [1.54, 1.807) is 0 Å². The molecule has 4 nitrogen and oxygen atoms in total. The van der Waals surface area contributed by atoms with Crippen molar-refractivity contribution in [3.63, 3.8) is 0 Å². The van der Waals surface area contributed by atoms with E-state index in [1.807, 2.05) is 6.92 Å². The molecule has 84 valence electrons. The number of hydrogen-bond acceptors (Lipinski definition) is 4. The van der Waals surface area contributed by atoms with Gasteiger partial charge in [-0.1, -0.05) is 25.3 Å². The first-order chi connectivity index (χ1) is 6.82. The fourth-order valence-electron chi connectivity index (χ4n) is 0.927. The minimum Gasteiger partial charge on any atom is -0.383 e. The third kappa shape index (κ3) is 2.99. The Balaban J connectivity index is 2.90. The maximum absolute atomic E-state index is 5.92. The zero-order valence-corrected chi connectivity index (χ0v) is 10.7. The highest BCUT2D eigenvalue weighted by Crippen LogP contribution is 2.22. The van der Waals surface area contributed by atoms with E-state index in [-0.39, 0.29) is 11.5 Å². The molecule has 0 radical (unpaired) electrons. The molecule has 0 amide bonds. The summed E-state index contributed by atoms with van der Waals surface area (Å²) in [5.41, 5.74) is 6.89. The molecule has 1 atom stereocenters. The molecule has 0 saturated heterocycles. The zero-order valence-electron chi connectivity index (χ0n) is 9.90. The number of amidine groups is 1. The second-order valence-corrected chi connectivity index (χ2v) is 5.50. The smallest absolute Gasteiger partial charge is 0.139 e. The molecule has 1 aromatic rings. The highest BCUT2D eigenvalue weighted by Gasteiger charge is 2.20. The molecule has 1 heterocycles. The molecule has 1 rings (SSSR count). The molecule has 0 fully saturated rings. The predicted octanol–water partition coefficient (Wildman–Crippen LogP) is 1.99. The molecule has 0 aromatic carbocycles. The standard InChI is InChI=1S/C10H18N4S/c1-6-8(15-14-13-6)9(11)12-7(2)10(3,4)5/h7H,1-5H3,(H2,11,12). The van der Waals surface area contributed by atoms with E-state index < -0.39 is 0 Å². The van der Waals surface area contributed by atoms with Gasteiger partial charge in [-0.3, -0.25) is 4.99 Å². The molecule has 0 bridgehead atoms. The van der Waals surface area contributed by atoms with Crippen LogP contribution in [0.5, 0.6) is 0 Å². The second-order valence-electron chi connectivity index (χ2n) is 4.74. The van der Waals surface area contributed by atoms with Gasteiger partial charge in [-0.2, -0.15) is 0 Å². The molecule has 0 aliphatic rings. The Bertz CT molecular complexity index is 362. The van der Waals surface area contributed by atoms with Crippen LogP contribution in [-0.4, -0.2) is 21.5 Å². The molecule has 0 aliphatic heterocycles. The summed E-state index contributed by atoms with van der Waals surface area (Å²) in [4.78, 5) is 5.36. The van der Waals surface area contributed by atoms with Crippen molar-refractivity contribution in [2.75, 3.05) is 0 Å². The van der Waals surface area contributed by atoms with E-state index in [1.165, 1.54) is 11.5 Å². The van der Waals surface area contributed by atoms with Crippen molar-refractivity contribution in [2.24, 2.45) is 16.1 Å². The topological polar surface area (TPSA) is 64.2 Å². The maximum Gasteiger partial charge on any atom is 0.139 e. The lowest BCUT2D eigenvalue weighted by atomic mass is 9.88. The van der Waals surface area contributed by atoms with E-state index >= 15 is 0 Å². The molecular weight excluding hydrogens is 208 g/mol. The molecule has 1 aromatic heterocycles.